The number of nitriles is 1. The number of hydrogen-bond donors (Lipinski definition) is 0. The molecule has 2 aromatic rings. The molecule has 0 aliphatic heterocycles. The van der Waals surface area contributed by atoms with Crippen LogP contribution in [0.1, 0.15) is 5.56 Å². The lowest BCUT2D eigenvalue weighted by Crippen LogP contribution is -1.91. The Hall–Kier alpha value is -2.48. The van der Waals surface area contributed by atoms with Crippen molar-refractivity contribution in [2.45, 2.75) is 0 Å². The zero-order chi connectivity index (χ0) is 12.3. The second kappa shape index (κ2) is 4.58. The van der Waals surface area contributed by atoms with Crippen molar-refractivity contribution in [2.24, 2.45) is 0 Å². The maximum atomic E-state index is 8.89. The van der Waals surface area contributed by atoms with Gasteiger partial charge in [0.1, 0.15) is 23.6 Å². The van der Waals surface area contributed by atoms with Crippen molar-refractivity contribution in [3.05, 3.63) is 30.0 Å². The zero-order valence-corrected chi connectivity index (χ0v) is 9.43. The monoisotopic (exact) mass is 230 g/mol. The highest BCUT2D eigenvalue weighted by Gasteiger charge is 2.12. The summed E-state index contributed by atoms with van der Waals surface area (Å²) in [6, 6.07) is 7.31. The number of rotatable bonds is 3. The Morgan fingerprint density at radius 2 is 2.00 bits per heavy atom. The first kappa shape index (κ1) is 11.0. The van der Waals surface area contributed by atoms with E-state index in [1.54, 1.807) is 32.4 Å². The van der Waals surface area contributed by atoms with E-state index in [1.165, 1.54) is 6.26 Å². The SMILES string of the molecule is COc1ccc(-c2nocc2C#N)cc1OC. The first-order valence-corrected chi connectivity index (χ1v) is 4.87. The number of aromatic nitrogens is 1. The van der Waals surface area contributed by atoms with Crippen molar-refractivity contribution in [3.63, 3.8) is 0 Å². The molecule has 0 unspecified atom stereocenters. The van der Waals surface area contributed by atoms with E-state index in [0.717, 1.165) is 5.56 Å². The summed E-state index contributed by atoms with van der Waals surface area (Å²) in [5.41, 5.74) is 1.62. The van der Waals surface area contributed by atoms with Crippen molar-refractivity contribution in [1.82, 2.24) is 5.16 Å². The summed E-state index contributed by atoms with van der Waals surface area (Å²) < 4.78 is 15.1. The van der Waals surface area contributed by atoms with Crippen LogP contribution in [-0.2, 0) is 0 Å². The van der Waals surface area contributed by atoms with E-state index >= 15 is 0 Å². The largest absolute Gasteiger partial charge is 0.493 e. The van der Waals surface area contributed by atoms with Crippen LogP contribution in [0, 0.1) is 11.3 Å². The van der Waals surface area contributed by atoms with Crippen molar-refractivity contribution in [1.29, 1.82) is 5.26 Å². The number of ether oxygens (including phenoxy) is 2. The van der Waals surface area contributed by atoms with Gasteiger partial charge in [-0.25, -0.2) is 0 Å². The van der Waals surface area contributed by atoms with Crippen LogP contribution in [0.5, 0.6) is 11.5 Å². The highest BCUT2D eigenvalue weighted by Crippen LogP contribution is 2.32. The average molecular weight is 230 g/mol. The highest BCUT2D eigenvalue weighted by molar-refractivity contribution is 5.68. The second-order valence-electron chi connectivity index (χ2n) is 3.26. The van der Waals surface area contributed by atoms with Crippen LogP contribution < -0.4 is 9.47 Å². The first-order valence-electron chi connectivity index (χ1n) is 4.87. The topological polar surface area (TPSA) is 68.3 Å². The summed E-state index contributed by atoms with van der Waals surface area (Å²) in [5.74, 6) is 1.20. The van der Waals surface area contributed by atoms with E-state index in [2.05, 4.69) is 5.16 Å². The van der Waals surface area contributed by atoms with E-state index in [1.807, 2.05) is 6.07 Å². The van der Waals surface area contributed by atoms with E-state index in [0.29, 0.717) is 22.8 Å². The summed E-state index contributed by atoms with van der Waals surface area (Å²) in [5, 5.41) is 12.7. The van der Waals surface area contributed by atoms with Crippen LogP contribution in [0.4, 0.5) is 0 Å². The van der Waals surface area contributed by atoms with Gasteiger partial charge in [-0.05, 0) is 18.2 Å². The molecule has 0 radical (unpaired) electrons. The minimum absolute atomic E-state index is 0.386. The summed E-state index contributed by atoms with van der Waals surface area (Å²) >= 11 is 0. The molecule has 1 heterocycles. The molecule has 0 aliphatic rings. The Morgan fingerprint density at radius 3 is 2.65 bits per heavy atom. The van der Waals surface area contributed by atoms with Crippen LogP contribution in [0.25, 0.3) is 11.3 Å². The number of benzene rings is 1. The summed E-state index contributed by atoms with van der Waals surface area (Å²) in [4.78, 5) is 0. The lowest BCUT2D eigenvalue weighted by molar-refractivity contribution is 0.355. The average Bonchev–Trinajstić information content (AvgIpc) is 2.86. The first-order chi connectivity index (χ1) is 8.30. The minimum Gasteiger partial charge on any atom is -0.493 e. The number of methoxy groups -OCH3 is 2. The molecule has 0 saturated carbocycles. The molecule has 86 valence electrons. The quantitative estimate of drug-likeness (QED) is 0.808. The van der Waals surface area contributed by atoms with Crippen molar-refractivity contribution in [3.8, 4) is 28.8 Å². The van der Waals surface area contributed by atoms with Gasteiger partial charge >= 0.3 is 0 Å². The molecule has 0 fully saturated rings. The van der Waals surface area contributed by atoms with Gasteiger partial charge in [0.25, 0.3) is 0 Å². The molecule has 2 rings (SSSR count). The van der Waals surface area contributed by atoms with Crippen LogP contribution in [0.15, 0.2) is 29.0 Å². The molecule has 1 aromatic carbocycles. The summed E-state index contributed by atoms with van der Waals surface area (Å²) in [6.07, 6.45) is 1.31. The maximum absolute atomic E-state index is 8.89. The lowest BCUT2D eigenvalue weighted by atomic mass is 10.1. The summed E-state index contributed by atoms with van der Waals surface area (Å²) in [6.45, 7) is 0. The van der Waals surface area contributed by atoms with Crippen LogP contribution in [0.2, 0.25) is 0 Å². The Kier molecular flexibility index (Phi) is 2.97. The predicted molar refractivity (Wildman–Crippen MR) is 59.8 cm³/mol. The molecular weight excluding hydrogens is 220 g/mol. The van der Waals surface area contributed by atoms with Crippen molar-refractivity contribution in [2.75, 3.05) is 14.2 Å². The van der Waals surface area contributed by atoms with Gasteiger partial charge in [0.05, 0.1) is 14.2 Å². The van der Waals surface area contributed by atoms with E-state index in [-0.39, 0.29) is 0 Å². The molecule has 1 aromatic heterocycles. The predicted octanol–water partition coefficient (Wildman–Crippen LogP) is 2.23. The molecule has 0 spiro atoms. The number of hydrogen-bond acceptors (Lipinski definition) is 5. The Labute approximate surface area is 98.2 Å². The smallest absolute Gasteiger partial charge is 0.161 e. The van der Waals surface area contributed by atoms with Crippen LogP contribution in [0.3, 0.4) is 0 Å². The molecule has 0 bridgehead atoms. The van der Waals surface area contributed by atoms with E-state index < -0.39 is 0 Å². The molecule has 0 atom stereocenters. The normalized spacial score (nSPS) is 9.71. The van der Waals surface area contributed by atoms with Crippen molar-refractivity contribution >= 4 is 0 Å². The molecule has 0 aliphatic carbocycles. The molecule has 0 N–H and O–H groups in total. The Bertz CT molecular complexity index is 569. The minimum atomic E-state index is 0.386. The van der Waals surface area contributed by atoms with E-state index in [4.69, 9.17) is 19.3 Å². The Morgan fingerprint density at radius 1 is 1.24 bits per heavy atom. The zero-order valence-electron chi connectivity index (χ0n) is 9.43. The van der Waals surface area contributed by atoms with Gasteiger partial charge in [-0.15, -0.1) is 0 Å². The number of nitrogens with zero attached hydrogens (tertiary/aromatic N) is 2. The molecule has 0 saturated heterocycles. The molecule has 17 heavy (non-hydrogen) atoms. The molecular formula is C12H10N2O3. The fourth-order valence-corrected chi connectivity index (χ4v) is 1.51. The van der Waals surface area contributed by atoms with Crippen LogP contribution >= 0.6 is 0 Å². The fraction of sp³-hybridized carbons (Fsp3) is 0.167. The third-order valence-electron chi connectivity index (χ3n) is 2.35. The van der Waals surface area contributed by atoms with Gasteiger partial charge in [-0.3, -0.25) is 0 Å². The van der Waals surface area contributed by atoms with Gasteiger partial charge in [0.15, 0.2) is 11.5 Å². The second-order valence-corrected chi connectivity index (χ2v) is 3.26. The molecule has 5 nitrogen and oxygen atoms in total. The molecule has 5 heteroatoms. The van der Waals surface area contributed by atoms with Gasteiger partial charge in [0, 0.05) is 5.56 Å². The maximum Gasteiger partial charge on any atom is 0.161 e. The standard InChI is InChI=1S/C12H10N2O3/c1-15-10-4-3-8(5-11(10)16-2)12-9(6-13)7-17-14-12/h3-5,7H,1-2H3. The van der Waals surface area contributed by atoms with Gasteiger partial charge in [-0.1, -0.05) is 5.16 Å². The van der Waals surface area contributed by atoms with Crippen molar-refractivity contribution < 1.29 is 14.0 Å². The van der Waals surface area contributed by atoms with Gasteiger partial charge in [0.2, 0.25) is 0 Å². The Balaban J connectivity index is 2.51. The van der Waals surface area contributed by atoms with Crippen LogP contribution in [-0.4, -0.2) is 19.4 Å². The molecule has 0 amide bonds. The third kappa shape index (κ3) is 1.93. The highest BCUT2D eigenvalue weighted by atomic mass is 16.5. The third-order valence-corrected chi connectivity index (χ3v) is 2.35. The summed E-state index contributed by atoms with van der Waals surface area (Å²) in [7, 11) is 3.12. The van der Waals surface area contributed by atoms with Gasteiger partial charge < -0.3 is 14.0 Å². The van der Waals surface area contributed by atoms with Gasteiger partial charge in [-0.2, -0.15) is 5.26 Å². The lowest BCUT2D eigenvalue weighted by Gasteiger charge is -2.08. The van der Waals surface area contributed by atoms with E-state index in [9.17, 15) is 0 Å². The fourth-order valence-electron chi connectivity index (χ4n) is 1.51.